The van der Waals surface area contributed by atoms with E-state index in [4.69, 9.17) is 10.5 Å². The number of unbranched alkanes of at least 4 members (excludes halogenated alkanes) is 3. The van der Waals surface area contributed by atoms with Crippen molar-refractivity contribution >= 4 is 17.8 Å². The minimum absolute atomic E-state index is 0.0606. The fourth-order valence-corrected chi connectivity index (χ4v) is 2.10. The van der Waals surface area contributed by atoms with Crippen molar-refractivity contribution in [2.24, 2.45) is 0 Å². The van der Waals surface area contributed by atoms with Crippen LogP contribution in [-0.2, 0) is 9.53 Å². The number of carbonyl (C=O) groups excluding carboxylic acids is 2. The van der Waals surface area contributed by atoms with Gasteiger partial charge in [0.2, 0.25) is 5.88 Å². The van der Waals surface area contributed by atoms with Gasteiger partial charge in [0.15, 0.2) is 6.61 Å². The number of aromatic nitrogens is 1. The van der Waals surface area contributed by atoms with Gasteiger partial charge in [0.1, 0.15) is 5.56 Å². The summed E-state index contributed by atoms with van der Waals surface area (Å²) >= 11 is 0. The van der Waals surface area contributed by atoms with E-state index < -0.39 is 5.97 Å². The van der Waals surface area contributed by atoms with Crippen molar-refractivity contribution in [2.75, 3.05) is 12.3 Å². The molecule has 124 valence electrons. The SMILES string of the molecule is CCCCCC[C@@H](C)NC(=O)COC(=O)c1c(C)noc1N. The molecule has 0 saturated heterocycles. The summed E-state index contributed by atoms with van der Waals surface area (Å²) in [5.41, 5.74) is 5.89. The third-order valence-electron chi connectivity index (χ3n) is 3.33. The van der Waals surface area contributed by atoms with E-state index >= 15 is 0 Å². The van der Waals surface area contributed by atoms with Gasteiger partial charge in [-0.05, 0) is 20.3 Å². The zero-order chi connectivity index (χ0) is 16.5. The van der Waals surface area contributed by atoms with Gasteiger partial charge in [0.05, 0.1) is 5.69 Å². The van der Waals surface area contributed by atoms with Crippen LogP contribution in [0.3, 0.4) is 0 Å². The molecule has 0 aliphatic heterocycles. The highest BCUT2D eigenvalue weighted by Crippen LogP contribution is 2.16. The van der Waals surface area contributed by atoms with Gasteiger partial charge < -0.3 is 20.3 Å². The average molecular weight is 311 g/mol. The summed E-state index contributed by atoms with van der Waals surface area (Å²) in [7, 11) is 0. The Labute approximate surface area is 130 Å². The molecule has 1 aromatic heterocycles. The topological polar surface area (TPSA) is 107 Å². The predicted molar refractivity (Wildman–Crippen MR) is 82.3 cm³/mol. The second-order valence-corrected chi connectivity index (χ2v) is 5.40. The Kier molecular flexibility index (Phi) is 7.42. The molecule has 1 amide bonds. The van der Waals surface area contributed by atoms with Gasteiger partial charge in [-0.15, -0.1) is 0 Å². The van der Waals surface area contributed by atoms with E-state index in [0.29, 0.717) is 5.69 Å². The second-order valence-electron chi connectivity index (χ2n) is 5.40. The number of nitrogens with one attached hydrogen (secondary N) is 1. The molecule has 1 atom stereocenters. The highest BCUT2D eigenvalue weighted by Gasteiger charge is 2.21. The molecule has 0 saturated carbocycles. The maximum absolute atomic E-state index is 11.8. The van der Waals surface area contributed by atoms with E-state index in [-0.39, 0.29) is 30.0 Å². The number of ether oxygens (including phenoxy) is 1. The van der Waals surface area contributed by atoms with Crippen molar-refractivity contribution in [2.45, 2.75) is 58.9 Å². The fourth-order valence-electron chi connectivity index (χ4n) is 2.10. The average Bonchev–Trinajstić information content (AvgIpc) is 2.80. The predicted octanol–water partition coefficient (Wildman–Crippen LogP) is 2.20. The van der Waals surface area contributed by atoms with Crippen LogP contribution in [0.2, 0.25) is 0 Å². The van der Waals surface area contributed by atoms with Crippen LogP contribution >= 0.6 is 0 Å². The van der Waals surface area contributed by atoms with Crippen LogP contribution < -0.4 is 11.1 Å². The second kappa shape index (κ2) is 9.07. The van der Waals surface area contributed by atoms with Crippen LogP contribution in [0.1, 0.15) is 62.0 Å². The molecule has 0 fully saturated rings. The lowest BCUT2D eigenvalue weighted by Crippen LogP contribution is -2.35. The zero-order valence-corrected chi connectivity index (χ0v) is 13.5. The molecule has 0 radical (unpaired) electrons. The van der Waals surface area contributed by atoms with E-state index in [1.807, 2.05) is 6.92 Å². The Morgan fingerprint density at radius 3 is 2.68 bits per heavy atom. The Hall–Kier alpha value is -2.05. The first-order valence-electron chi connectivity index (χ1n) is 7.63. The summed E-state index contributed by atoms with van der Waals surface area (Å²) in [6, 6.07) is 0.0606. The molecular formula is C15H25N3O4. The summed E-state index contributed by atoms with van der Waals surface area (Å²) in [6.07, 6.45) is 5.54. The van der Waals surface area contributed by atoms with Crippen LogP contribution in [0.25, 0.3) is 0 Å². The number of esters is 1. The van der Waals surface area contributed by atoms with E-state index in [1.54, 1.807) is 6.92 Å². The summed E-state index contributed by atoms with van der Waals surface area (Å²) < 4.78 is 9.60. The minimum atomic E-state index is -0.706. The molecule has 0 spiro atoms. The monoisotopic (exact) mass is 311 g/mol. The maximum Gasteiger partial charge on any atom is 0.346 e. The van der Waals surface area contributed by atoms with Crippen LogP contribution in [0.15, 0.2) is 4.52 Å². The van der Waals surface area contributed by atoms with E-state index in [9.17, 15) is 9.59 Å². The van der Waals surface area contributed by atoms with Crippen LogP contribution in [-0.4, -0.2) is 29.7 Å². The van der Waals surface area contributed by atoms with Crippen molar-refractivity contribution < 1.29 is 18.8 Å². The number of amides is 1. The Bertz CT molecular complexity index is 479. The summed E-state index contributed by atoms with van der Waals surface area (Å²) in [6.45, 7) is 5.33. The Morgan fingerprint density at radius 1 is 1.36 bits per heavy atom. The lowest BCUT2D eigenvalue weighted by Gasteiger charge is -2.13. The number of carbonyl (C=O) groups is 2. The zero-order valence-electron chi connectivity index (χ0n) is 13.5. The molecule has 1 rings (SSSR count). The number of aryl methyl sites for hydroxylation is 1. The number of nitrogens with two attached hydrogens (primary N) is 1. The molecule has 0 aliphatic carbocycles. The number of rotatable bonds is 9. The van der Waals surface area contributed by atoms with Crippen molar-refractivity contribution in [1.29, 1.82) is 0 Å². The number of nitrogen functional groups attached to an aromatic ring is 1. The third kappa shape index (κ3) is 5.75. The molecular weight excluding hydrogens is 286 g/mol. The van der Waals surface area contributed by atoms with E-state index in [2.05, 4.69) is 21.9 Å². The van der Waals surface area contributed by atoms with Crippen LogP contribution in [0.4, 0.5) is 5.88 Å². The van der Waals surface area contributed by atoms with Gasteiger partial charge in [-0.1, -0.05) is 37.8 Å². The largest absolute Gasteiger partial charge is 0.452 e. The van der Waals surface area contributed by atoms with E-state index in [1.165, 1.54) is 12.8 Å². The van der Waals surface area contributed by atoms with Crippen molar-refractivity contribution in [1.82, 2.24) is 10.5 Å². The number of nitrogens with zero attached hydrogens (tertiary/aromatic N) is 1. The number of hydrogen-bond acceptors (Lipinski definition) is 6. The molecule has 3 N–H and O–H groups in total. The summed E-state index contributed by atoms with van der Waals surface area (Å²) in [4.78, 5) is 23.5. The van der Waals surface area contributed by atoms with Gasteiger partial charge in [-0.2, -0.15) is 0 Å². The van der Waals surface area contributed by atoms with Crippen LogP contribution in [0, 0.1) is 6.92 Å². The summed E-state index contributed by atoms with van der Waals surface area (Å²) in [5, 5.41) is 6.36. The lowest BCUT2D eigenvalue weighted by molar-refractivity contribution is -0.124. The molecule has 1 heterocycles. The Morgan fingerprint density at radius 2 is 2.09 bits per heavy atom. The first-order chi connectivity index (χ1) is 10.5. The summed E-state index contributed by atoms with van der Waals surface area (Å²) in [5.74, 6) is -1.14. The number of hydrogen-bond donors (Lipinski definition) is 2. The lowest BCUT2D eigenvalue weighted by atomic mass is 10.1. The molecule has 0 unspecified atom stereocenters. The van der Waals surface area contributed by atoms with Gasteiger partial charge in [0, 0.05) is 6.04 Å². The van der Waals surface area contributed by atoms with Gasteiger partial charge in [-0.25, -0.2) is 4.79 Å². The van der Waals surface area contributed by atoms with Crippen molar-refractivity contribution in [3.8, 4) is 0 Å². The molecule has 7 nitrogen and oxygen atoms in total. The smallest absolute Gasteiger partial charge is 0.346 e. The highest BCUT2D eigenvalue weighted by atomic mass is 16.5. The molecule has 0 aromatic carbocycles. The van der Waals surface area contributed by atoms with Gasteiger partial charge in [0.25, 0.3) is 5.91 Å². The Balaban J connectivity index is 2.29. The minimum Gasteiger partial charge on any atom is -0.452 e. The first-order valence-corrected chi connectivity index (χ1v) is 7.63. The maximum atomic E-state index is 11.8. The molecule has 0 aliphatic rings. The number of anilines is 1. The molecule has 1 aromatic rings. The van der Waals surface area contributed by atoms with Gasteiger partial charge in [-0.3, -0.25) is 4.79 Å². The van der Waals surface area contributed by atoms with Crippen molar-refractivity contribution in [3.05, 3.63) is 11.3 Å². The third-order valence-corrected chi connectivity index (χ3v) is 3.33. The van der Waals surface area contributed by atoms with Gasteiger partial charge >= 0.3 is 5.97 Å². The molecule has 7 heteroatoms. The molecule has 0 bridgehead atoms. The highest BCUT2D eigenvalue weighted by molar-refractivity contribution is 5.96. The van der Waals surface area contributed by atoms with Crippen LogP contribution in [0.5, 0.6) is 0 Å². The normalized spacial score (nSPS) is 12.0. The van der Waals surface area contributed by atoms with E-state index in [0.717, 1.165) is 19.3 Å². The molecule has 22 heavy (non-hydrogen) atoms. The first kappa shape index (κ1) is 18.0. The standard InChI is InChI=1S/C15H25N3O4/c1-4-5-6-7-8-10(2)17-12(19)9-21-15(20)13-11(3)18-22-14(13)16/h10H,4-9,16H2,1-3H3,(H,17,19)/t10-/m1/s1. The quantitative estimate of drug-likeness (QED) is 0.534. The van der Waals surface area contributed by atoms with Crippen molar-refractivity contribution in [3.63, 3.8) is 0 Å². The fraction of sp³-hybridized carbons (Fsp3) is 0.667.